The van der Waals surface area contributed by atoms with Crippen molar-refractivity contribution in [3.05, 3.63) is 65.8 Å². The summed E-state index contributed by atoms with van der Waals surface area (Å²) in [5.41, 5.74) is 0. The number of rotatable bonds is 13. The van der Waals surface area contributed by atoms with E-state index in [1.54, 1.807) is 0 Å². The Morgan fingerprint density at radius 1 is 0.562 bits per heavy atom. The molecule has 0 heterocycles. The van der Waals surface area contributed by atoms with Gasteiger partial charge in [-0.05, 0) is 25.7 Å². The topological polar surface area (TPSA) is 52.6 Å². The van der Waals surface area contributed by atoms with Crippen molar-refractivity contribution in [1.82, 2.24) is 0 Å². The maximum atomic E-state index is 11.9. The Kier molecular flexibility index (Phi) is 63.5. The van der Waals surface area contributed by atoms with Crippen molar-refractivity contribution in [3.8, 4) is 0 Å². The number of carbonyl (C=O) groups excluding carboxylic acids is 2. The zero-order chi connectivity index (χ0) is 26.8. The highest BCUT2D eigenvalue weighted by Crippen LogP contribution is 2.15. The van der Waals surface area contributed by atoms with Gasteiger partial charge in [0.2, 0.25) is 0 Å². The van der Waals surface area contributed by atoms with Crippen molar-refractivity contribution >= 4 is 11.9 Å². The SMILES string of the molecule is C=C.C=C.C=C.C=C.C=C.CCCCC(CC)C(=O)OCCOC(=O)C(CC)CCCC. The lowest BCUT2D eigenvalue weighted by molar-refractivity contribution is -0.157. The van der Waals surface area contributed by atoms with Gasteiger partial charge in [0.1, 0.15) is 13.2 Å². The molecule has 0 rings (SSSR count). The number of ether oxygens (including phenoxy) is 2. The molecule has 0 radical (unpaired) electrons. The zero-order valence-electron chi connectivity index (χ0n) is 21.9. The first kappa shape index (κ1) is 43.5. The third kappa shape index (κ3) is 32.3. The monoisotopic (exact) mass is 454 g/mol. The van der Waals surface area contributed by atoms with Crippen molar-refractivity contribution in [2.75, 3.05) is 13.2 Å². The normalized spacial score (nSPS) is 9.88. The molecule has 0 saturated heterocycles. The molecule has 0 aromatic carbocycles. The molecule has 4 nitrogen and oxygen atoms in total. The molecular formula is C28H54O4. The van der Waals surface area contributed by atoms with Crippen molar-refractivity contribution in [2.24, 2.45) is 11.8 Å². The molecule has 0 amide bonds. The Bertz CT molecular complexity index is 327. The molecule has 0 aliphatic heterocycles. The molecule has 190 valence electrons. The molecule has 0 aromatic heterocycles. The summed E-state index contributed by atoms with van der Waals surface area (Å²) in [6, 6.07) is 0. The van der Waals surface area contributed by atoms with Crippen molar-refractivity contribution < 1.29 is 19.1 Å². The summed E-state index contributed by atoms with van der Waals surface area (Å²) in [6.07, 6.45) is 7.59. The fraction of sp³-hybridized carbons (Fsp3) is 0.571. The van der Waals surface area contributed by atoms with Gasteiger partial charge in [0, 0.05) is 0 Å². The van der Waals surface area contributed by atoms with E-state index in [2.05, 4.69) is 79.6 Å². The van der Waals surface area contributed by atoms with Crippen molar-refractivity contribution in [3.63, 3.8) is 0 Å². The number of hydrogen-bond acceptors (Lipinski definition) is 4. The van der Waals surface area contributed by atoms with Gasteiger partial charge in [0.05, 0.1) is 11.8 Å². The molecule has 2 unspecified atom stereocenters. The van der Waals surface area contributed by atoms with E-state index < -0.39 is 0 Å². The van der Waals surface area contributed by atoms with Gasteiger partial charge in [-0.15, -0.1) is 65.8 Å². The molecule has 0 aliphatic rings. The molecular weight excluding hydrogens is 400 g/mol. The second-order valence-electron chi connectivity index (χ2n) is 5.83. The fourth-order valence-electron chi connectivity index (χ4n) is 2.40. The first-order valence-electron chi connectivity index (χ1n) is 11.4. The first-order chi connectivity index (χ1) is 15.6. The predicted octanol–water partition coefficient (Wildman–Crippen LogP) is 8.52. The summed E-state index contributed by atoms with van der Waals surface area (Å²) in [6.45, 7) is 38.6. The fourth-order valence-corrected chi connectivity index (χ4v) is 2.40. The maximum Gasteiger partial charge on any atom is 0.309 e. The van der Waals surface area contributed by atoms with E-state index in [4.69, 9.17) is 9.47 Å². The largest absolute Gasteiger partial charge is 0.462 e. The average Bonchev–Trinajstić information content (AvgIpc) is 2.88. The summed E-state index contributed by atoms with van der Waals surface area (Å²) in [4.78, 5) is 23.8. The molecule has 2 atom stereocenters. The van der Waals surface area contributed by atoms with Crippen LogP contribution in [0.25, 0.3) is 0 Å². The Labute approximate surface area is 201 Å². The summed E-state index contributed by atoms with van der Waals surface area (Å²) < 4.78 is 10.4. The molecule has 0 aliphatic carbocycles. The van der Waals surface area contributed by atoms with E-state index in [1.807, 2.05) is 13.8 Å². The van der Waals surface area contributed by atoms with Gasteiger partial charge in [0.15, 0.2) is 0 Å². The van der Waals surface area contributed by atoms with Crippen molar-refractivity contribution in [1.29, 1.82) is 0 Å². The van der Waals surface area contributed by atoms with Crippen LogP contribution < -0.4 is 0 Å². The van der Waals surface area contributed by atoms with E-state index in [-0.39, 0.29) is 37.0 Å². The molecule has 0 bridgehead atoms. The average molecular weight is 455 g/mol. The summed E-state index contributed by atoms with van der Waals surface area (Å²) in [5, 5.41) is 0. The second kappa shape index (κ2) is 46.7. The molecule has 0 spiro atoms. The van der Waals surface area contributed by atoms with Crippen LogP contribution in [-0.2, 0) is 19.1 Å². The maximum absolute atomic E-state index is 11.9. The van der Waals surface area contributed by atoms with Gasteiger partial charge in [0.25, 0.3) is 0 Å². The van der Waals surface area contributed by atoms with E-state index in [0.29, 0.717) is 0 Å². The van der Waals surface area contributed by atoms with Crippen LogP contribution in [0.4, 0.5) is 0 Å². The smallest absolute Gasteiger partial charge is 0.309 e. The second-order valence-corrected chi connectivity index (χ2v) is 5.83. The molecule has 4 heteroatoms. The van der Waals surface area contributed by atoms with Crippen LogP contribution in [0.5, 0.6) is 0 Å². The summed E-state index contributed by atoms with van der Waals surface area (Å²) in [7, 11) is 0. The predicted molar refractivity (Wildman–Crippen MR) is 145 cm³/mol. The number of hydrogen-bond donors (Lipinski definition) is 0. The van der Waals surface area contributed by atoms with E-state index >= 15 is 0 Å². The first-order valence-corrected chi connectivity index (χ1v) is 11.4. The summed E-state index contributed by atoms with van der Waals surface area (Å²) in [5.74, 6) is -0.373. The standard InChI is InChI=1S/C18H34O4.5C2H4/c1-5-9-11-15(7-3)17(19)21-13-14-22-18(20)16(8-4)12-10-6-2;5*1-2/h15-16H,5-14H2,1-4H3;5*1-2H2. The lowest BCUT2D eigenvalue weighted by Crippen LogP contribution is -2.22. The summed E-state index contributed by atoms with van der Waals surface area (Å²) >= 11 is 0. The van der Waals surface area contributed by atoms with Gasteiger partial charge in [-0.1, -0.05) is 53.4 Å². The van der Waals surface area contributed by atoms with Crippen LogP contribution in [0.2, 0.25) is 0 Å². The van der Waals surface area contributed by atoms with Crippen LogP contribution >= 0.6 is 0 Å². The highest BCUT2D eigenvalue weighted by molar-refractivity contribution is 5.73. The van der Waals surface area contributed by atoms with Gasteiger partial charge in [-0.3, -0.25) is 9.59 Å². The minimum Gasteiger partial charge on any atom is -0.462 e. The highest BCUT2D eigenvalue weighted by Gasteiger charge is 2.19. The Morgan fingerprint density at radius 2 is 0.812 bits per heavy atom. The van der Waals surface area contributed by atoms with Gasteiger partial charge < -0.3 is 9.47 Å². The van der Waals surface area contributed by atoms with Gasteiger partial charge >= 0.3 is 11.9 Å². The van der Waals surface area contributed by atoms with Gasteiger partial charge in [-0.2, -0.15) is 0 Å². The number of esters is 2. The third-order valence-corrected chi connectivity index (χ3v) is 4.04. The zero-order valence-corrected chi connectivity index (χ0v) is 21.9. The third-order valence-electron chi connectivity index (χ3n) is 4.04. The Hall–Kier alpha value is -2.36. The van der Waals surface area contributed by atoms with Crippen LogP contribution in [-0.4, -0.2) is 25.2 Å². The number of carbonyl (C=O) groups is 2. The van der Waals surface area contributed by atoms with E-state index in [1.165, 1.54) is 0 Å². The highest BCUT2D eigenvalue weighted by atomic mass is 16.6. The van der Waals surface area contributed by atoms with Gasteiger partial charge in [-0.25, -0.2) is 0 Å². The quantitative estimate of drug-likeness (QED) is 0.159. The molecule has 0 aromatic rings. The Morgan fingerprint density at radius 3 is 1.00 bits per heavy atom. The lowest BCUT2D eigenvalue weighted by Gasteiger charge is -2.15. The van der Waals surface area contributed by atoms with Crippen LogP contribution in [0.1, 0.15) is 79.1 Å². The Balaban J connectivity index is -0.000000147. The van der Waals surface area contributed by atoms with Crippen molar-refractivity contribution in [2.45, 2.75) is 79.1 Å². The lowest BCUT2D eigenvalue weighted by atomic mass is 10.00. The molecule has 0 N–H and O–H groups in total. The van der Waals surface area contributed by atoms with E-state index in [9.17, 15) is 9.59 Å². The molecule has 32 heavy (non-hydrogen) atoms. The number of unbranched alkanes of at least 4 members (excludes halogenated alkanes) is 2. The molecule has 0 saturated carbocycles. The van der Waals surface area contributed by atoms with Crippen LogP contribution in [0.3, 0.4) is 0 Å². The van der Waals surface area contributed by atoms with E-state index in [0.717, 1.165) is 51.4 Å². The minimum absolute atomic E-state index is 0.0244. The van der Waals surface area contributed by atoms with Crippen LogP contribution in [0.15, 0.2) is 65.8 Å². The minimum atomic E-state index is -0.162. The van der Waals surface area contributed by atoms with Crippen LogP contribution in [0, 0.1) is 11.8 Å². The molecule has 0 fully saturated rings.